The molecule has 0 spiro atoms. The van der Waals surface area contributed by atoms with Crippen LogP contribution in [-0.4, -0.2) is 35.6 Å². The normalized spacial score (nSPS) is 10.7. The standard InChI is InChI=1S/C13H12N6O/c1-2-11-16-12(10-6-4-3-5-7-10)19(17-11)13(20)18-9-14-8-15-18/h3-9H,2H2,1H3. The van der Waals surface area contributed by atoms with E-state index < -0.39 is 6.03 Å². The number of nitrogens with zero attached hydrogens (tertiary/aromatic N) is 6. The Morgan fingerprint density at radius 2 is 2.05 bits per heavy atom. The van der Waals surface area contributed by atoms with Gasteiger partial charge in [-0.1, -0.05) is 37.3 Å². The number of aryl methyl sites for hydroxylation is 1. The molecule has 7 heteroatoms. The molecule has 0 aliphatic heterocycles. The summed E-state index contributed by atoms with van der Waals surface area (Å²) in [5.74, 6) is 1.11. The van der Waals surface area contributed by atoms with E-state index in [0.29, 0.717) is 18.1 Å². The maximum atomic E-state index is 12.4. The van der Waals surface area contributed by atoms with Gasteiger partial charge >= 0.3 is 6.03 Å². The van der Waals surface area contributed by atoms with Crippen LogP contribution in [0.15, 0.2) is 43.0 Å². The molecule has 0 fully saturated rings. The van der Waals surface area contributed by atoms with Crippen molar-refractivity contribution in [2.75, 3.05) is 0 Å². The van der Waals surface area contributed by atoms with Crippen molar-refractivity contribution in [3.8, 4) is 11.4 Å². The molecule has 2 heterocycles. The van der Waals surface area contributed by atoms with E-state index >= 15 is 0 Å². The molecule has 1 aromatic carbocycles. The zero-order chi connectivity index (χ0) is 13.9. The van der Waals surface area contributed by atoms with Crippen molar-refractivity contribution < 1.29 is 4.79 Å². The van der Waals surface area contributed by atoms with Gasteiger partial charge in [0.25, 0.3) is 0 Å². The van der Waals surface area contributed by atoms with E-state index in [1.807, 2.05) is 37.3 Å². The minimum Gasteiger partial charge on any atom is -0.243 e. The summed E-state index contributed by atoms with van der Waals surface area (Å²) in [6, 6.07) is 9.04. The molecule has 3 aromatic rings. The van der Waals surface area contributed by atoms with Crippen LogP contribution in [0.2, 0.25) is 0 Å². The van der Waals surface area contributed by atoms with Crippen molar-refractivity contribution >= 4 is 6.03 Å². The van der Waals surface area contributed by atoms with Crippen LogP contribution in [0.5, 0.6) is 0 Å². The molecule has 0 saturated heterocycles. The summed E-state index contributed by atoms with van der Waals surface area (Å²) in [6.45, 7) is 1.94. The zero-order valence-corrected chi connectivity index (χ0v) is 10.8. The molecular weight excluding hydrogens is 256 g/mol. The summed E-state index contributed by atoms with van der Waals surface area (Å²) in [4.78, 5) is 20.5. The second-order valence-electron chi connectivity index (χ2n) is 4.11. The number of carbonyl (C=O) groups excluding carboxylic acids is 1. The van der Waals surface area contributed by atoms with Crippen molar-refractivity contribution in [2.24, 2.45) is 0 Å². The monoisotopic (exact) mass is 268 g/mol. The summed E-state index contributed by atoms with van der Waals surface area (Å²) in [7, 11) is 0. The molecule has 0 atom stereocenters. The van der Waals surface area contributed by atoms with Crippen LogP contribution in [-0.2, 0) is 6.42 Å². The van der Waals surface area contributed by atoms with E-state index in [0.717, 1.165) is 10.2 Å². The molecule has 20 heavy (non-hydrogen) atoms. The highest BCUT2D eigenvalue weighted by atomic mass is 16.2. The van der Waals surface area contributed by atoms with Crippen LogP contribution in [0.3, 0.4) is 0 Å². The quantitative estimate of drug-likeness (QED) is 0.705. The van der Waals surface area contributed by atoms with E-state index in [1.165, 1.54) is 17.3 Å². The lowest BCUT2D eigenvalue weighted by Crippen LogP contribution is -2.22. The van der Waals surface area contributed by atoms with Crippen LogP contribution >= 0.6 is 0 Å². The Morgan fingerprint density at radius 3 is 2.70 bits per heavy atom. The van der Waals surface area contributed by atoms with Gasteiger partial charge in [-0.25, -0.2) is 14.8 Å². The molecule has 0 aliphatic rings. The van der Waals surface area contributed by atoms with Crippen LogP contribution in [0.25, 0.3) is 11.4 Å². The van der Waals surface area contributed by atoms with Crippen molar-refractivity contribution in [2.45, 2.75) is 13.3 Å². The lowest BCUT2D eigenvalue weighted by atomic mass is 10.2. The molecule has 0 radical (unpaired) electrons. The van der Waals surface area contributed by atoms with Crippen LogP contribution < -0.4 is 0 Å². The third kappa shape index (κ3) is 2.09. The number of benzene rings is 1. The molecule has 0 unspecified atom stereocenters. The topological polar surface area (TPSA) is 78.5 Å². The fourth-order valence-corrected chi connectivity index (χ4v) is 1.82. The maximum Gasteiger partial charge on any atom is 0.372 e. The molecule has 0 saturated carbocycles. The summed E-state index contributed by atoms with van der Waals surface area (Å²) >= 11 is 0. The fraction of sp³-hybridized carbons (Fsp3) is 0.154. The van der Waals surface area contributed by atoms with Gasteiger partial charge in [-0.05, 0) is 0 Å². The van der Waals surface area contributed by atoms with Crippen molar-refractivity contribution in [3.63, 3.8) is 0 Å². The minimum absolute atomic E-state index is 0.409. The SMILES string of the molecule is CCc1nc(-c2ccccc2)n(C(=O)n2cncn2)n1. The van der Waals surface area contributed by atoms with E-state index in [9.17, 15) is 4.79 Å². The molecule has 0 aliphatic carbocycles. The molecule has 0 N–H and O–H groups in total. The average molecular weight is 268 g/mol. The van der Waals surface area contributed by atoms with E-state index in [-0.39, 0.29) is 0 Å². The van der Waals surface area contributed by atoms with Gasteiger partial charge in [-0.2, -0.15) is 14.5 Å². The first-order valence-electron chi connectivity index (χ1n) is 6.20. The third-order valence-corrected chi connectivity index (χ3v) is 2.80. The Kier molecular flexibility index (Phi) is 3.08. The number of rotatable bonds is 2. The smallest absolute Gasteiger partial charge is 0.243 e. The largest absolute Gasteiger partial charge is 0.372 e. The molecule has 100 valence electrons. The van der Waals surface area contributed by atoms with Gasteiger partial charge in [-0.15, -0.1) is 5.10 Å². The summed E-state index contributed by atoms with van der Waals surface area (Å²) in [6.07, 6.45) is 3.29. The van der Waals surface area contributed by atoms with Crippen molar-refractivity contribution in [3.05, 3.63) is 48.8 Å². The first-order chi connectivity index (χ1) is 9.79. The Bertz CT molecular complexity index is 717. The summed E-state index contributed by atoms with van der Waals surface area (Å²) in [5, 5.41) is 8.06. The third-order valence-electron chi connectivity index (χ3n) is 2.80. The molecule has 7 nitrogen and oxygen atoms in total. The zero-order valence-electron chi connectivity index (χ0n) is 10.8. The highest BCUT2D eigenvalue weighted by Crippen LogP contribution is 2.17. The van der Waals surface area contributed by atoms with Gasteiger partial charge in [0.1, 0.15) is 12.7 Å². The predicted octanol–water partition coefficient (Wildman–Crippen LogP) is 1.62. The van der Waals surface area contributed by atoms with E-state index in [2.05, 4.69) is 20.2 Å². The number of carbonyl (C=O) groups is 1. The maximum absolute atomic E-state index is 12.4. The van der Waals surface area contributed by atoms with Gasteiger partial charge in [0.05, 0.1) is 0 Å². The van der Waals surface area contributed by atoms with Crippen LogP contribution in [0, 0.1) is 0 Å². The number of hydrogen-bond acceptors (Lipinski definition) is 5. The Balaban J connectivity index is 2.11. The molecule has 0 amide bonds. The highest BCUT2D eigenvalue weighted by Gasteiger charge is 2.18. The van der Waals surface area contributed by atoms with Crippen LogP contribution in [0.1, 0.15) is 12.7 Å². The lowest BCUT2D eigenvalue weighted by molar-refractivity contribution is 0.238. The second-order valence-corrected chi connectivity index (χ2v) is 4.11. The Morgan fingerprint density at radius 1 is 1.25 bits per heavy atom. The summed E-state index contributed by atoms with van der Waals surface area (Å²) < 4.78 is 2.38. The molecular formula is C13H12N6O. The first kappa shape index (κ1) is 12.2. The van der Waals surface area contributed by atoms with Gasteiger partial charge in [0, 0.05) is 12.0 Å². The molecule has 2 aromatic heterocycles. The fourth-order valence-electron chi connectivity index (χ4n) is 1.82. The van der Waals surface area contributed by atoms with Gasteiger partial charge in [0.2, 0.25) is 0 Å². The van der Waals surface area contributed by atoms with Gasteiger partial charge in [0.15, 0.2) is 11.6 Å². The van der Waals surface area contributed by atoms with E-state index in [1.54, 1.807) is 0 Å². The minimum atomic E-state index is -0.409. The van der Waals surface area contributed by atoms with Crippen molar-refractivity contribution in [1.82, 2.24) is 29.5 Å². The second kappa shape index (κ2) is 5.04. The number of hydrogen-bond donors (Lipinski definition) is 0. The Labute approximate surface area is 114 Å². The van der Waals surface area contributed by atoms with E-state index in [4.69, 9.17) is 0 Å². The first-order valence-corrected chi connectivity index (χ1v) is 6.20. The molecule has 3 rings (SSSR count). The van der Waals surface area contributed by atoms with Gasteiger partial charge < -0.3 is 0 Å². The lowest BCUT2D eigenvalue weighted by Gasteiger charge is -2.03. The Hall–Kier alpha value is -2.83. The van der Waals surface area contributed by atoms with Gasteiger partial charge in [-0.3, -0.25) is 0 Å². The average Bonchev–Trinajstić information content (AvgIpc) is 3.17. The number of aromatic nitrogens is 6. The predicted molar refractivity (Wildman–Crippen MR) is 71.1 cm³/mol. The van der Waals surface area contributed by atoms with Crippen molar-refractivity contribution in [1.29, 1.82) is 0 Å². The highest BCUT2D eigenvalue weighted by molar-refractivity contribution is 5.81. The van der Waals surface area contributed by atoms with Crippen LogP contribution in [0.4, 0.5) is 4.79 Å². The summed E-state index contributed by atoms with van der Waals surface area (Å²) in [5.41, 5.74) is 0.827. The molecule has 0 bridgehead atoms.